The van der Waals surface area contributed by atoms with Crippen molar-refractivity contribution in [1.29, 1.82) is 0 Å². The quantitative estimate of drug-likeness (QED) is 0.756. The van der Waals surface area contributed by atoms with Crippen LogP contribution in [0.4, 0.5) is 0 Å². The van der Waals surface area contributed by atoms with Gasteiger partial charge in [0.05, 0.1) is 20.3 Å². The van der Waals surface area contributed by atoms with Crippen molar-refractivity contribution >= 4 is 7.12 Å². The molecule has 0 aromatic heterocycles. The molecule has 1 N–H and O–H groups in total. The normalized spacial score (nSPS) is 19.8. The summed E-state index contributed by atoms with van der Waals surface area (Å²) in [5.41, 5.74) is 3.21. The number of rotatable bonds is 6. The molecule has 0 radical (unpaired) electrons. The highest BCUT2D eigenvalue weighted by Gasteiger charge is 2.30. The van der Waals surface area contributed by atoms with E-state index in [0.29, 0.717) is 12.9 Å². The van der Waals surface area contributed by atoms with E-state index in [-0.39, 0.29) is 12.0 Å². The van der Waals surface area contributed by atoms with Gasteiger partial charge in [-0.1, -0.05) is 12.1 Å². The molecule has 0 bridgehead atoms. The van der Waals surface area contributed by atoms with E-state index in [1.165, 1.54) is 12.8 Å². The fraction of sp³-hybridized carbons (Fsp3) is 0.455. The van der Waals surface area contributed by atoms with Crippen LogP contribution in [-0.2, 0) is 4.65 Å². The summed E-state index contributed by atoms with van der Waals surface area (Å²) in [6.07, 6.45) is 5.51. The Labute approximate surface area is 166 Å². The van der Waals surface area contributed by atoms with Crippen molar-refractivity contribution < 1.29 is 23.9 Å². The predicted molar refractivity (Wildman–Crippen MR) is 109 cm³/mol. The average molecular weight is 382 g/mol. The molecule has 1 unspecified atom stereocenters. The van der Waals surface area contributed by atoms with Crippen LogP contribution >= 0.6 is 0 Å². The minimum atomic E-state index is -0.688. The summed E-state index contributed by atoms with van der Waals surface area (Å²) in [6, 6.07) is 12.2. The van der Waals surface area contributed by atoms with Crippen LogP contribution in [0.25, 0.3) is 11.1 Å². The number of ether oxygens (including phenoxy) is 3. The topological polar surface area (TPSA) is 57.2 Å². The van der Waals surface area contributed by atoms with E-state index in [2.05, 4.69) is 12.1 Å². The zero-order valence-corrected chi connectivity index (χ0v) is 16.5. The Morgan fingerprint density at radius 2 is 1.79 bits per heavy atom. The van der Waals surface area contributed by atoms with E-state index < -0.39 is 7.12 Å². The van der Waals surface area contributed by atoms with Crippen LogP contribution in [0.3, 0.4) is 0 Å². The monoisotopic (exact) mass is 382 g/mol. The van der Waals surface area contributed by atoms with E-state index in [4.69, 9.17) is 18.9 Å². The zero-order valence-electron chi connectivity index (χ0n) is 16.5. The molecule has 1 aliphatic carbocycles. The molecule has 1 saturated heterocycles. The van der Waals surface area contributed by atoms with Gasteiger partial charge in [0.2, 0.25) is 0 Å². The number of benzene rings is 2. The van der Waals surface area contributed by atoms with Crippen molar-refractivity contribution in [3.05, 3.63) is 42.0 Å². The van der Waals surface area contributed by atoms with Crippen LogP contribution in [0.1, 0.15) is 37.2 Å². The van der Waals surface area contributed by atoms with Gasteiger partial charge in [0, 0.05) is 12.5 Å². The largest absolute Gasteiger partial charge is 0.497 e. The summed E-state index contributed by atoms with van der Waals surface area (Å²) in [5, 5.41) is 9.72. The molecule has 4 rings (SSSR count). The lowest BCUT2D eigenvalue weighted by molar-refractivity contribution is 0.201. The van der Waals surface area contributed by atoms with E-state index in [1.807, 2.05) is 24.3 Å². The smallest absolute Gasteiger partial charge is 0.454 e. The molecule has 1 aliphatic heterocycles. The third-order valence-corrected chi connectivity index (χ3v) is 5.70. The molecule has 1 heterocycles. The van der Waals surface area contributed by atoms with Crippen molar-refractivity contribution in [2.24, 2.45) is 0 Å². The molecular weight excluding hydrogens is 355 g/mol. The zero-order chi connectivity index (χ0) is 19.5. The standard InChI is InChI=1S/C22H27BO5/c1-25-20-10-16(9-17(11-20)18-13-23(24)27-14-18)15-7-8-21(26-2)22(12-15)28-19-5-3-4-6-19/h7-12,18-19,24H,3-6,13-14H2,1-2H3. The maximum Gasteiger partial charge on any atom is 0.454 e. The summed E-state index contributed by atoms with van der Waals surface area (Å²) in [7, 11) is 2.66. The minimum absolute atomic E-state index is 0.163. The van der Waals surface area contributed by atoms with Gasteiger partial charge in [-0.25, -0.2) is 0 Å². The highest BCUT2D eigenvalue weighted by atomic mass is 16.5. The van der Waals surface area contributed by atoms with Crippen molar-refractivity contribution in [3.8, 4) is 28.4 Å². The number of hydrogen-bond acceptors (Lipinski definition) is 5. The summed E-state index contributed by atoms with van der Waals surface area (Å²) in [5.74, 6) is 2.50. The third-order valence-electron chi connectivity index (χ3n) is 5.70. The van der Waals surface area contributed by atoms with Gasteiger partial charge in [-0.15, -0.1) is 0 Å². The molecule has 2 aromatic carbocycles. The van der Waals surface area contributed by atoms with E-state index in [1.54, 1.807) is 14.2 Å². The first-order valence-corrected chi connectivity index (χ1v) is 10.00. The van der Waals surface area contributed by atoms with Crippen molar-refractivity contribution in [2.45, 2.75) is 44.0 Å². The molecule has 148 valence electrons. The Hall–Kier alpha value is -2.18. The average Bonchev–Trinajstić information content (AvgIpc) is 3.39. The van der Waals surface area contributed by atoms with Crippen LogP contribution in [0.5, 0.6) is 17.2 Å². The van der Waals surface area contributed by atoms with Gasteiger partial charge < -0.3 is 23.9 Å². The van der Waals surface area contributed by atoms with E-state index in [0.717, 1.165) is 46.8 Å². The van der Waals surface area contributed by atoms with Gasteiger partial charge in [0.1, 0.15) is 5.75 Å². The fourth-order valence-corrected chi connectivity index (χ4v) is 4.12. The molecule has 2 aliphatic rings. The van der Waals surface area contributed by atoms with Gasteiger partial charge >= 0.3 is 7.12 Å². The highest BCUT2D eigenvalue weighted by molar-refractivity contribution is 6.43. The summed E-state index contributed by atoms with van der Waals surface area (Å²) >= 11 is 0. The van der Waals surface area contributed by atoms with Gasteiger partial charge in [-0.3, -0.25) is 0 Å². The van der Waals surface area contributed by atoms with Crippen molar-refractivity contribution in [1.82, 2.24) is 0 Å². The van der Waals surface area contributed by atoms with Crippen LogP contribution in [0, 0.1) is 0 Å². The second kappa shape index (κ2) is 8.45. The molecule has 28 heavy (non-hydrogen) atoms. The van der Waals surface area contributed by atoms with E-state index in [9.17, 15) is 5.02 Å². The van der Waals surface area contributed by atoms with Gasteiger partial charge in [0.25, 0.3) is 0 Å². The Bertz CT molecular complexity index is 819. The summed E-state index contributed by atoms with van der Waals surface area (Å²) in [6.45, 7) is 0.520. The first-order valence-electron chi connectivity index (χ1n) is 10.00. The fourth-order valence-electron chi connectivity index (χ4n) is 4.12. The molecule has 1 saturated carbocycles. The maximum atomic E-state index is 9.72. The molecule has 0 amide bonds. The molecule has 2 fully saturated rings. The minimum Gasteiger partial charge on any atom is -0.497 e. The maximum absolute atomic E-state index is 9.72. The second-order valence-electron chi connectivity index (χ2n) is 7.61. The third kappa shape index (κ3) is 4.13. The molecular formula is C22H27BO5. The van der Waals surface area contributed by atoms with Crippen LogP contribution in [0.15, 0.2) is 36.4 Å². The predicted octanol–water partition coefficient (Wildman–Crippen LogP) is 4.29. The number of methoxy groups -OCH3 is 2. The van der Waals surface area contributed by atoms with E-state index >= 15 is 0 Å². The lowest BCUT2D eigenvalue weighted by Gasteiger charge is -2.18. The Morgan fingerprint density at radius 3 is 2.46 bits per heavy atom. The molecule has 0 spiro atoms. The molecule has 1 atom stereocenters. The SMILES string of the molecule is COc1cc(-c2ccc(OC)c(OC3CCCC3)c2)cc(C2COB(O)C2)c1. The Kier molecular flexibility index (Phi) is 5.78. The van der Waals surface area contributed by atoms with Gasteiger partial charge in [-0.05, 0) is 73.0 Å². The van der Waals surface area contributed by atoms with Crippen molar-refractivity contribution in [3.63, 3.8) is 0 Å². The van der Waals surface area contributed by atoms with Crippen molar-refractivity contribution in [2.75, 3.05) is 20.8 Å². The highest BCUT2D eigenvalue weighted by Crippen LogP contribution is 2.38. The van der Waals surface area contributed by atoms with Crippen LogP contribution < -0.4 is 14.2 Å². The Balaban J connectivity index is 1.67. The molecule has 2 aromatic rings. The van der Waals surface area contributed by atoms with Crippen LogP contribution in [-0.4, -0.2) is 39.1 Å². The second-order valence-corrected chi connectivity index (χ2v) is 7.61. The Morgan fingerprint density at radius 1 is 0.964 bits per heavy atom. The first kappa shape index (κ1) is 19.2. The first-order chi connectivity index (χ1) is 13.7. The molecule has 6 heteroatoms. The van der Waals surface area contributed by atoms with Crippen LogP contribution in [0.2, 0.25) is 6.32 Å². The lowest BCUT2D eigenvalue weighted by Crippen LogP contribution is -2.11. The summed E-state index contributed by atoms with van der Waals surface area (Å²) in [4.78, 5) is 0. The molecule has 5 nitrogen and oxygen atoms in total. The number of hydrogen-bond donors (Lipinski definition) is 1. The lowest BCUT2D eigenvalue weighted by atomic mass is 9.79. The summed E-state index contributed by atoms with van der Waals surface area (Å²) < 4.78 is 22.6. The van der Waals surface area contributed by atoms with Gasteiger partial charge in [-0.2, -0.15) is 0 Å². The van der Waals surface area contributed by atoms with Gasteiger partial charge in [0.15, 0.2) is 11.5 Å².